The van der Waals surface area contributed by atoms with Gasteiger partial charge in [0.25, 0.3) is 0 Å². The Balaban J connectivity index is 1.15. The average Bonchev–Trinajstić information content (AvgIpc) is 2.92. The standard InChI is InChI=1S/C30H37N3O4/c34-21-25-19-24(8-11-28(25)35)29(36)20-31-15-12-22-6-9-27(10-7-22)33-16-13-26(14-17-33)32-30(37)18-23-4-2-1-3-5-23/h1-11,19,26,29,31,34-36H,12-18,20-21H2,(H,32,37). The van der Waals surface area contributed by atoms with E-state index >= 15 is 0 Å². The van der Waals surface area contributed by atoms with Crippen LogP contribution in [0.25, 0.3) is 0 Å². The van der Waals surface area contributed by atoms with Crippen molar-refractivity contribution in [2.75, 3.05) is 31.1 Å². The van der Waals surface area contributed by atoms with E-state index in [0.717, 1.165) is 44.5 Å². The SMILES string of the molecule is O=C(Cc1ccccc1)NC1CCN(c2ccc(CCNCC(O)c3ccc(O)c(CO)c3)cc2)CC1. The van der Waals surface area contributed by atoms with Crippen molar-refractivity contribution < 1.29 is 20.1 Å². The Bertz CT molecular complexity index is 1130. The van der Waals surface area contributed by atoms with Crippen molar-refractivity contribution in [3.63, 3.8) is 0 Å². The molecule has 3 aromatic rings. The van der Waals surface area contributed by atoms with Crippen LogP contribution in [0.1, 0.15) is 41.2 Å². The minimum absolute atomic E-state index is 0.0323. The highest BCUT2D eigenvalue weighted by Crippen LogP contribution is 2.23. The quantitative estimate of drug-likeness (QED) is 0.258. The summed E-state index contributed by atoms with van der Waals surface area (Å²) in [6.07, 6.45) is 2.45. The minimum Gasteiger partial charge on any atom is -0.508 e. The molecule has 0 aliphatic carbocycles. The van der Waals surface area contributed by atoms with E-state index in [1.165, 1.54) is 17.3 Å². The number of nitrogens with zero attached hydrogens (tertiary/aromatic N) is 1. The lowest BCUT2D eigenvalue weighted by molar-refractivity contribution is -0.121. The Kier molecular flexibility index (Phi) is 9.54. The fourth-order valence-corrected chi connectivity index (χ4v) is 4.74. The summed E-state index contributed by atoms with van der Waals surface area (Å²) in [5.74, 6) is 0.123. The van der Waals surface area contributed by atoms with Gasteiger partial charge in [-0.3, -0.25) is 4.79 Å². The van der Waals surface area contributed by atoms with Gasteiger partial charge < -0.3 is 30.9 Å². The zero-order valence-electron chi connectivity index (χ0n) is 21.1. The number of anilines is 1. The second-order valence-corrected chi connectivity index (χ2v) is 9.67. The normalized spacial score (nSPS) is 14.9. The first-order chi connectivity index (χ1) is 18.0. The molecule has 37 heavy (non-hydrogen) atoms. The summed E-state index contributed by atoms with van der Waals surface area (Å²) in [6, 6.07) is 23.5. The molecule has 0 aromatic heterocycles. The predicted octanol–water partition coefficient (Wildman–Crippen LogP) is 3.08. The van der Waals surface area contributed by atoms with Crippen LogP contribution in [0.4, 0.5) is 5.69 Å². The molecule has 1 saturated heterocycles. The van der Waals surface area contributed by atoms with E-state index in [-0.39, 0.29) is 24.3 Å². The topological polar surface area (TPSA) is 105 Å². The van der Waals surface area contributed by atoms with Gasteiger partial charge in [0.05, 0.1) is 19.1 Å². The molecule has 3 aromatic carbocycles. The number of hydrogen-bond donors (Lipinski definition) is 5. The van der Waals surface area contributed by atoms with Gasteiger partial charge in [-0.05, 0) is 66.8 Å². The molecule has 1 aliphatic heterocycles. The van der Waals surface area contributed by atoms with Crippen LogP contribution in [0.15, 0.2) is 72.8 Å². The molecule has 1 unspecified atom stereocenters. The molecular formula is C30H37N3O4. The van der Waals surface area contributed by atoms with Crippen LogP contribution in [0.3, 0.4) is 0 Å². The molecule has 1 fully saturated rings. The van der Waals surface area contributed by atoms with Gasteiger partial charge in [0.1, 0.15) is 5.75 Å². The Morgan fingerprint density at radius 2 is 1.70 bits per heavy atom. The summed E-state index contributed by atoms with van der Waals surface area (Å²) in [5.41, 5.74) is 4.54. The summed E-state index contributed by atoms with van der Waals surface area (Å²) in [4.78, 5) is 14.7. The molecule has 1 atom stereocenters. The van der Waals surface area contributed by atoms with Crippen LogP contribution in [-0.2, 0) is 24.2 Å². The van der Waals surface area contributed by atoms with Crippen molar-refractivity contribution in [3.05, 3.63) is 95.1 Å². The van der Waals surface area contributed by atoms with Gasteiger partial charge in [-0.1, -0.05) is 48.5 Å². The number of rotatable bonds is 11. The number of benzene rings is 3. The minimum atomic E-state index is -0.709. The van der Waals surface area contributed by atoms with E-state index in [9.17, 15) is 20.1 Å². The van der Waals surface area contributed by atoms with Crippen LogP contribution >= 0.6 is 0 Å². The second-order valence-electron chi connectivity index (χ2n) is 9.67. The Morgan fingerprint density at radius 3 is 2.41 bits per heavy atom. The Labute approximate surface area is 218 Å². The number of phenols is 1. The fourth-order valence-electron chi connectivity index (χ4n) is 4.74. The van der Waals surface area contributed by atoms with E-state index in [1.807, 2.05) is 30.3 Å². The van der Waals surface area contributed by atoms with Crippen LogP contribution in [0.2, 0.25) is 0 Å². The Morgan fingerprint density at radius 1 is 0.973 bits per heavy atom. The lowest BCUT2D eigenvalue weighted by Crippen LogP contribution is -2.45. The number of aliphatic hydroxyl groups excluding tert-OH is 2. The number of piperidine rings is 1. The van der Waals surface area contributed by atoms with Crippen molar-refractivity contribution in [1.82, 2.24) is 10.6 Å². The van der Waals surface area contributed by atoms with Gasteiger partial charge in [-0.2, -0.15) is 0 Å². The smallest absolute Gasteiger partial charge is 0.224 e. The molecule has 7 heteroatoms. The lowest BCUT2D eigenvalue weighted by Gasteiger charge is -2.34. The molecule has 0 radical (unpaired) electrons. The third kappa shape index (κ3) is 7.79. The molecule has 4 rings (SSSR count). The first-order valence-electron chi connectivity index (χ1n) is 13.0. The largest absolute Gasteiger partial charge is 0.508 e. The number of carbonyl (C=O) groups is 1. The monoisotopic (exact) mass is 503 g/mol. The molecule has 1 amide bonds. The number of aromatic hydroxyl groups is 1. The van der Waals surface area contributed by atoms with Crippen molar-refractivity contribution in [2.45, 2.75) is 44.4 Å². The highest BCUT2D eigenvalue weighted by molar-refractivity contribution is 5.78. The summed E-state index contributed by atoms with van der Waals surface area (Å²) in [5, 5.41) is 35.8. The van der Waals surface area contributed by atoms with Gasteiger partial charge in [-0.25, -0.2) is 0 Å². The van der Waals surface area contributed by atoms with Crippen molar-refractivity contribution in [2.24, 2.45) is 0 Å². The molecule has 1 aliphatic rings. The van der Waals surface area contributed by atoms with Crippen LogP contribution in [0.5, 0.6) is 5.75 Å². The number of nitrogens with one attached hydrogen (secondary N) is 2. The van der Waals surface area contributed by atoms with E-state index in [1.54, 1.807) is 12.1 Å². The number of hydrogen-bond acceptors (Lipinski definition) is 6. The molecular weight excluding hydrogens is 466 g/mol. The number of aliphatic hydroxyl groups is 2. The second kappa shape index (κ2) is 13.2. The zero-order chi connectivity index (χ0) is 26.0. The van der Waals surface area contributed by atoms with E-state index in [4.69, 9.17) is 0 Å². The van der Waals surface area contributed by atoms with Crippen LogP contribution in [-0.4, -0.2) is 53.4 Å². The van der Waals surface area contributed by atoms with Gasteiger partial charge in [0, 0.05) is 36.9 Å². The average molecular weight is 504 g/mol. The molecule has 7 nitrogen and oxygen atoms in total. The molecule has 1 heterocycles. The molecule has 196 valence electrons. The third-order valence-electron chi connectivity index (χ3n) is 6.96. The van der Waals surface area contributed by atoms with Crippen LogP contribution < -0.4 is 15.5 Å². The van der Waals surface area contributed by atoms with Gasteiger partial charge in [0.2, 0.25) is 5.91 Å². The molecule has 0 spiro atoms. The van der Waals surface area contributed by atoms with Gasteiger partial charge in [0.15, 0.2) is 0 Å². The highest BCUT2D eigenvalue weighted by Gasteiger charge is 2.21. The van der Waals surface area contributed by atoms with Crippen LogP contribution in [0, 0.1) is 0 Å². The first-order valence-corrected chi connectivity index (χ1v) is 13.0. The molecule has 0 bridgehead atoms. The maximum Gasteiger partial charge on any atom is 0.224 e. The van der Waals surface area contributed by atoms with Crippen molar-refractivity contribution in [1.29, 1.82) is 0 Å². The van der Waals surface area contributed by atoms with Crippen molar-refractivity contribution in [3.8, 4) is 5.75 Å². The first kappa shape index (κ1) is 26.7. The number of carbonyl (C=O) groups excluding carboxylic acids is 1. The van der Waals surface area contributed by atoms with E-state index in [0.29, 0.717) is 24.1 Å². The zero-order valence-corrected chi connectivity index (χ0v) is 21.1. The van der Waals surface area contributed by atoms with Gasteiger partial charge >= 0.3 is 0 Å². The van der Waals surface area contributed by atoms with Gasteiger partial charge in [-0.15, -0.1) is 0 Å². The maximum absolute atomic E-state index is 12.4. The van der Waals surface area contributed by atoms with E-state index < -0.39 is 6.10 Å². The van der Waals surface area contributed by atoms with Crippen molar-refractivity contribution >= 4 is 11.6 Å². The maximum atomic E-state index is 12.4. The molecule has 0 saturated carbocycles. The highest BCUT2D eigenvalue weighted by atomic mass is 16.3. The predicted molar refractivity (Wildman–Crippen MR) is 146 cm³/mol. The third-order valence-corrected chi connectivity index (χ3v) is 6.96. The number of amides is 1. The Hall–Kier alpha value is -3.39. The molecule has 5 N–H and O–H groups in total. The summed E-state index contributed by atoms with van der Waals surface area (Å²) in [7, 11) is 0. The van der Waals surface area contributed by atoms with E-state index in [2.05, 4.69) is 39.8 Å². The summed E-state index contributed by atoms with van der Waals surface area (Å²) >= 11 is 0. The lowest BCUT2D eigenvalue weighted by atomic mass is 10.0. The fraction of sp³-hybridized carbons (Fsp3) is 0.367. The summed E-state index contributed by atoms with van der Waals surface area (Å²) < 4.78 is 0. The summed E-state index contributed by atoms with van der Waals surface area (Å²) in [6.45, 7) is 2.70.